The van der Waals surface area contributed by atoms with E-state index in [0.29, 0.717) is 35.3 Å². The van der Waals surface area contributed by atoms with Gasteiger partial charge < -0.3 is 15.1 Å². The number of carbonyl (C=O) groups excluding carboxylic acids is 2. The highest BCUT2D eigenvalue weighted by Crippen LogP contribution is 2.38. The Hall–Kier alpha value is -3.75. The lowest BCUT2D eigenvalue weighted by atomic mass is 10.0. The van der Waals surface area contributed by atoms with Gasteiger partial charge in [-0.3, -0.25) is 9.69 Å². The van der Waals surface area contributed by atoms with Crippen LogP contribution in [0.1, 0.15) is 48.0 Å². The van der Waals surface area contributed by atoms with E-state index in [1.807, 2.05) is 23.1 Å². The molecule has 0 saturated carbocycles. The van der Waals surface area contributed by atoms with Gasteiger partial charge in [-0.05, 0) is 82.1 Å². The smallest absolute Gasteiger partial charge is 0.321 e. The molecule has 3 aromatic rings. The fourth-order valence-electron chi connectivity index (χ4n) is 6.44. The molecular formula is C32H38N6O2. The number of nitrogens with zero attached hydrogens (tertiary/aromatic N) is 5. The fraction of sp³-hybridized carbons (Fsp3) is 0.406. The van der Waals surface area contributed by atoms with Crippen LogP contribution in [0.2, 0.25) is 0 Å². The lowest BCUT2D eigenvalue weighted by Crippen LogP contribution is -2.46. The molecule has 3 aliphatic heterocycles. The Kier molecular flexibility index (Phi) is 7.80. The summed E-state index contributed by atoms with van der Waals surface area (Å²) in [4.78, 5) is 40.4. The highest BCUT2D eigenvalue weighted by atomic mass is 16.2. The average Bonchev–Trinajstić information content (AvgIpc) is 3.42. The number of aromatic nitrogens is 1. The zero-order valence-corrected chi connectivity index (χ0v) is 23.2. The van der Waals surface area contributed by atoms with E-state index in [-0.39, 0.29) is 18.0 Å². The summed E-state index contributed by atoms with van der Waals surface area (Å²) in [5.41, 5.74) is 2.98. The van der Waals surface area contributed by atoms with Crippen LogP contribution in [0.15, 0.2) is 72.9 Å². The van der Waals surface area contributed by atoms with Crippen LogP contribution in [0.3, 0.4) is 0 Å². The third-order valence-electron chi connectivity index (χ3n) is 8.69. The summed E-state index contributed by atoms with van der Waals surface area (Å²) in [6.45, 7) is 4.93. The van der Waals surface area contributed by atoms with Crippen molar-refractivity contribution < 1.29 is 9.59 Å². The summed E-state index contributed by atoms with van der Waals surface area (Å²) in [6, 6.07) is 22.2. The molecule has 208 valence electrons. The van der Waals surface area contributed by atoms with Gasteiger partial charge >= 0.3 is 6.03 Å². The Bertz CT molecular complexity index is 1340. The van der Waals surface area contributed by atoms with Crippen LogP contribution in [-0.4, -0.2) is 76.9 Å². The zero-order valence-electron chi connectivity index (χ0n) is 23.2. The van der Waals surface area contributed by atoms with Crippen LogP contribution in [0.25, 0.3) is 0 Å². The number of carbonyl (C=O) groups is 2. The predicted octanol–water partition coefficient (Wildman–Crippen LogP) is 5.36. The number of hydrogen-bond donors (Lipinski definition) is 1. The van der Waals surface area contributed by atoms with Gasteiger partial charge in [0.15, 0.2) is 5.82 Å². The molecule has 4 heterocycles. The van der Waals surface area contributed by atoms with E-state index in [1.54, 1.807) is 29.3 Å². The van der Waals surface area contributed by atoms with Crippen molar-refractivity contribution in [3.05, 3.63) is 84.1 Å². The largest absolute Gasteiger partial charge is 0.330 e. The number of rotatable bonds is 6. The number of fused-ring (bicyclic) bond motifs is 2. The van der Waals surface area contributed by atoms with E-state index in [2.05, 4.69) is 57.5 Å². The van der Waals surface area contributed by atoms with Crippen molar-refractivity contribution >= 4 is 29.1 Å². The molecule has 1 N–H and O–H groups in total. The average molecular weight is 539 g/mol. The summed E-state index contributed by atoms with van der Waals surface area (Å²) in [5.74, 6) is 0.241. The van der Waals surface area contributed by atoms with Crippen LogP contribution >= 0.6 is 0 Å². The second-order valence-corrected chi connectivity index (χ2v) is 11.2. The first-order chi connectivity index (χ1) is 19.6. The molecular weight excluding hydrogens is 500 g/mol. The van der Waals surface area contributed by atoms with Crippen molar-refractivity contribution in [2.24, 2.45) is 0 Å². The molecule has 2 fully saturated rings. The monoisotopic (exact) mass is 538 g/mol. The fourth-order valence-corrected chi connectivity index (χ4v) is 6.44. The molecule has 40 heavy (non-hydrogen) atoms. The number of amides is 3. The topological polar surface area (TPSA) is 72.0 Å². The normalized spacial score (nSPS) is 19.8. The van der Waals surface area contributed by atoms with Gasteiger partial charge in [-0.2, -0.15) is 0 Å². The van der Waals surface area contributed by atoms with E-state index in [1.165, 1.54) is 18.4 Å². The molecule has 8 nitrogen and oxygen atoms in total. The Labute approximate surface area is 236 Å². The number of anilines is 3. The molecule has 3 amide bonds. The van der Waals surface area contributed by atoms with Gasteiger partial charge in [-0.25, -0.2) is 14.7 Å². The van der Waals surface area contributed by atoms with Crippen molar-refractivity contribution in [3.8, 4) is 0 Å². The number of para-hydroxylation sites is 1. The third kappa shape index (κ3) is 5.46. The van der Waals surface area contributed by atoms with Crippen LogP contribution < -0.4 is 10.2 Å². The van der Waals surface area contributed by atoms with Gasteiger partial charge in [0.05, 0.1) is 16.9 Å². The van der Waals surface area contributed by atoms with E-state index in [0.717, 1.165) is 45.4 Å². The van der Waals surface area contributed by atoms with E-state index in [9.17, 15) is 9.59 Å². The first kappa shape index (κ1) is 26.5. The molecule has 6 rings (SSSR count). The molecule has 1 unspecified atom stereocenters. The second-order valence-electron chi connectivity index (χ2n) is 11.2. The maximum Gasteiger partial charge on any atom is 0.330 e. The number of benzene rings is 2. The molecule has 0 aliphatic carbocycles. The maximum atomic E-state index is 14.2. The van der Waals surface area contributed by atoms with Crippen molar-refractivity contribution in [2.45, 2.75) is 50.7 Å². The molecule has 0 bridgehead atoms. The maximum absolute atomic E-state index is 14.2. The van der Waals surface area contributed by atoms with Gasteiger partial charge in [0.2, 0.25) is 0 Å². The Morgan fingerprint density at radius 1 is 0.975 bits per heavy atom. The SMILES string of the molecule is CN(CCC1CCCN1C(=O)N1c2ccccc2C(=O)Nc2cccnc21)C1CCN(Cc2ccccc2)CC1. The van der Waals surface area contributed by atoms with Crippen molar-refractivity contribution in [3.63, 3.8) is 0 Å². The number of nitrogens with one attached hydrogen (secondary N) is 1. The van der Waals surface area contributed by atoms with Gasteiger partial charge in [0, 0.05) is 37.9 Å². The minimum Gasteiger partial charge on any atom is -0.321 e. The van der Waals surface area contributed by atoms with Crippen LogP contribution in [0.4, 0.5) is 22.0 Å². The van der Waals surface area contributed by atoms with Crippen LogP contribution in [0.5, 0.6) is 0 Å². The van der Waals surface area contributed by atoms with Crippen molar-refractivity contribution in [1.82, 2.24) is 19.7 Å². The zero-order chi connectivity index (χ0) is 27.5. The molecule has 2 aromatic carbocycles. The predicted molar refractivity (Wildman–Crippen MR) is 158 cm³/mol. The standard InChI is InChI=1S/C32H38N6O2/c1-35(25-16-21-36(22-17-25)23-24-9-3-2-4-10-24)20-15-26-11-8-19-37(26)32(40)38-29-14-6-5-12-27(29)31(39)34-28-13-7-18-33-30(28)38/h2-7,9-10,12-14,18,25-26H,8,11,15-17,19-23H2,1H3,(H,34,39). The Morgan fingerprint density at radius 2 is 1.75 bits per heavy atom. The Morgan fingerprint density at radius 3 is 2.58 bits per heavy atom. The summed E-state index contributed by atoms with van der Waals surface area (Å²) in [7, 11) is 2.24. The van der Waals surface area contributed by atoms with Gasteiger partial charge in [0.25, 0.3) is 5.91 Å². The number of hydrogen-bond acceptors (Lipinski definition) is 5. The van der Waals surface area contributed by atoms with Crippen molar-refractivity contribution in [2.75, 3.05) is 43.4 Å². The summed E-state index contributed by atoms with van der Waals surface area (Å²) < 4.78 is 0. The highest BCUT2D eigenvalue weighted by molar-refractivity contribution is 6.16. The highest BCUT2D eigenvalue weighted by Gasteiger charge is 2.37. The molecule has 0 spiro atoms. The number of likely N-dealkylation sites (tertiary alicyclic amines) is 2. The van der Waals surface area contributed by atoms with Gasteiger partial charge in [-0.15, -0.1) is 0 Å². The summed E-state index contributed by atoms with van der Waals surface area (Å²) in [5, 5.41) is 2.93. The molecule has 3 aliphatic rings. The van der Waals surface area contributed by atoms with E-state index >= 15 is 0 Å². The van der Waals surface area contributed by atoms with Crippen LogP contribution in [-0.2, 0) is 6.54 Å². The molecule has 1 atom stereocenters. The lowest BCUT2D eigenvalue weighted by Gasteiger charge is -2.38. The first-order valence-electron chi connectivity index (χ1n) is 14.5. The summed E-state index contributed by atoms with van der Waals surface area (Å²) >= 11 is 0. The number of piperidine rings is 1. The van der Waals surface area contributed by atoms with Crippen LogP contribution in [0, 0.1) is 0 Å². The Balaban J connectivity index is 1.10. The van der Waals surface area contributed by atoms with Gasteiger partial charge in [-0.1, -0.05) is 42.5 Å². The minimum atomic E-state index is -0.227. The number of pyridine rings is 1. The first-order valence-corrected chi connectivity index (χ1v) is 14.5. The minimum absolute atomic E-state index is 0.108. The molecule has 2 saturated heterocycles. The molecule has 8 heteroatoms. The lowest BCUT2D eigenvalue weighted by molar-refractivity contribution is 0.102. The number of urea groups is 1. The molecule has 1 aromatic heterocycles. The van der Waals surface area contributed by atoms with E-state index < -0.39 is 0 Å². The van der Waals surface area contributed by atoms with E-state index in [4.69, 9.17) is 0 Å². The second kappa shape index (κ2) is 11.8. The quantitative estimate of drug-likeness (QED) is 0.458. The summed E-state index contributed by atoms with van der Waals surface area (Å²) in [6.07, 6.45) is 6.93. The molecule has 0 radical (unpaired) electrons. The van der Waals surface area contributed by atoms with Crippen molar-refractivity contribution in [1.29, 1.82) is 0 Å². The van der Waals surface area contributed by atoms with Gasteiger partial charge in [0.1, 0.15) is 0 Å². The third-order valence-corrected chi connectivity index (χ3v) is 8.69.